The zero-order valence-corrected chi connectivity index (χ0v) is 12.7. The summed E-state index contributed by atoms with van der Waals surface area (Å²) in [6.07, 6.45) is 3.36. The van der Waals surface area contributed by atoms with Crippen LogP contribution in [0.1, 0.15) is 55.9 Å². The Morgan fingerprint density at radius 3 is 2.74 bits per heavy atom. The molecule has 0 bridgehead atoms. The van der Waals surface area contributed by atoms with Crippen LogP contribution in [0.15, 0.2) is 18.2 Å². The molecule has 0 saturated carbocycles. The van der Waals surface area contributed by atoms with Crippen LogP contribution in [0.2, 0.25) is 0 Å². The molecule has 2 heteroatoms. The molecule has 19 heavy (non-hydrogen) atoms. The summed E-state index contributed by atoms with van der Waals surface area (Å²) in [5, 5.41) is 10.6. The highest BCUT2D eigenvalue weighted by Gasteiger charge is 2.31. The quantitative estimate of drug-likeness (QED) is 0.895. The van der Waals surface area contributed by atoms with Crippen molar-refractivity contribution in [1.82, 2.24) is 4.90 Å². The zero-order chi connectivity index (χ0) is 14.0. The van der Waals surface area contributed by atoms with Gasteiger partial charge < -0.3 is 5.11 Å². The van der Waals surface area contributed by atoms with Gasteiger partial charge in [-0.3, -0.25) is 4.90 Å². The Balaban J connectivity index is 2.11. The van der Waals surface area contributed by atoms with Crippen molar-refractivity contribution in [3.05, 3.63) is 34.9 Å². The molecule has 2 nitrogen and oxygen atoms in total. The van der Waals surface area contributed by atoms with E-state index in [4.69, 9.17) is 0 Å². The highest BCUT2D eigenvalue weighted by molar-refractivity contribution is 5.32. The summed E-state index contributed by atoms with van der Waals surface area (Å²) < 4.78 is 0. The third kappa shape index (κ3) is 3.18. The summed E-state index contributed by atoms with van der Waals surface area (Å²) in [5.74, 6) is 0. The first-order chi connectivity index (χ1) is 9.02. The van der Waals surface area contributed by atoms with E-state index >= 15 is 0 Å². The Kier molecular flexibility index (Phi) is 4.64. The minimum atomic E-state index is -0.366. The minimum Gasteiger partial charge on any atom is -0.387 e. The third-order valence-electron chi connectivity index (χ3n) is 4.60. The van der Waals surface area contributed by atoms with E-state index in [1.807, 2.05) is 0 Å². The fourth-order valence-electron chi connectivity index (χ4n) is 3.31. The number of aliphatic hydroxyl groups excluding tert-OH is 1. The van der Waals surface area contributed by atoms with Crippen molar-refractivity contribution in [3.63, 3.8) is 0 Å². The maximum atomic E-state index is 10.6. The van der Waals surface area contributed by atoms with Gasteiger partial charge in [-0.05, 0) is 51.2 Å². The van der Waals surface area contributed by atoms with Crippen LogP contribution in [0.5, 0.6) is 0 Å². The van der Waals surface area contributed by atoms with Gasteiger partial charge in [0.05, 0.1) is 6.10 Å². The molecule has 1 fully saturated rings. The lowest BCUT2D eigenvalue weighted by Gasteiger charge is -2.30. The summed E-state index contributed by atoms with van der Waals surface area (Å²) in [4.78, 5) is 2.49. The fraction of sp³-hybridized carbons (Fsp3) is 0.647. The fourth-order valence-corrected chi connectivity index (χ4v) is 3.31. The second-order valence-electron chi connectivity index (χ2n) is 6.06. The maximum Gasteiger partial charge on any atom is 0.0919 e. The predicted molar refractivity (Wildman–Crippen MR) is 80.4 cm³/mol. The van der Waals surface area contributed by atoms with Gasteiger partial charge >= 0.3 is 0 Å². The van der Waals surface area contributed by atoms with Crippen LogP contribution in [0.3, 0.4) is 0 Å². The normalized spacial score (nSPS) is 25.7. The smallest absolute Gasteiger partial charge is 0.0919 e. The van der Waals surface area contributed by atoms with Gasteiger partial charge in [-0.2, -0.15) is 0 Å². The molecule has 1 aromatic carbocycles. The molecule has 0 spiro atoms. The molecule has 1 aliphatic heterocycles. The molecule has 2 rings (SSSR count). The Hall–Kier alpha value is -0.860. The molecule has 1 aromatic rings. The van der Waals surface area contributed by atoms with Crippen molar-refractivity contribution in [2.24, 2.45) is 0 Å². The van der Waals surface area contributed by atoms with Crippen LogP contribution in [-0.4, -0.2) is 28.6 Å². The Bertz CT molecular complexity index is 429. The lowest BCUT2D eigenvalue weighted by atomic mass is 10.00. The molecule has 1 aliphatic rings. The van der Waals surface area contributed by atoms with Crippen LogP contribution >= 0.6 is 0 Å². The molecule has 1 saturated heterocycles. The molecule has 1 N–H and O–H groups in total. The van der Waals surface area contributed by atoms with Crippen molar-refractivity contribution >= 4 is 0 Å². The number of benzene rings is 1. The number of aliphatic hydroxyl groups is 1. The number of likely N-dealkylation sites (tertiary alicyclic amines) is 1. The van der Waals surface area contributed by atoms with Gasteiger partial charge in [0.1, 0.15) is 0 Å². The molecular weight excluding hydrogens is 234 g/mol. The average Bonchev–Trinajstić information content (AvgIpc) is 2.73. The monoisotopic (exact) mass is 261 g/mol. The van der Waals surface area contributed by atoms with E-state index in [1.165, 1.54) is 30.4 Å². The van der Waals surface area contributed by atoms with Crippen LogP contribution in [-0.2, 0) is 0 Å². The highest BCUT2D eigenvalue weighted by Crippen LogP contribution is 2.29. The van der Waals surface area contributed by atoms with E-state index < -0.39 is 0 Å². The number of β-amino-alcohol motifs (C(OH)–C–C–N with tert-alkyl or cyclic N) is 1. The van der Waals surface area contributed by atoms with Crippen molar-refractivity contribution in [1.29, 1.82) is 0 Å². The Morgan fingerprint density at radius 2 is 2.05 bits per heavy atom. The second kappa shape index (κ2) is 6.06. The van der Waals surface area contributed by atoms with E-state index in [-0.39, 0.29) is 6.10 Å². The Morgan fingerprint density at radius 1 is 1.32 bits per heavy atom. The third-order valence-corrected chi connectivity index (χ3v) is 4.60. The standard InChI is InChI=1S/C17H27NO/c1-5-15-9-8-14(4)18(15)11-17(19)16-10-12(2)6-7-13(16)3/h6-7,10,14-15,17,19H,5,8-9,11H2,1-4H3. The summed E-state index contributed by atoms with van der Waals surface area (Å²) in [7, 11) is 0. The molecule has 3 unspecified atom stereocenters. The van der Waals surface area contributed by atoms with Gasteiger partial charge in [-0.15, -0.1) is 0 Å². The highest BCUT2D eigenvalue weighted by atomic mass is 16.3. The first-order valence-electron chi connectivity index (χ1n) is 7.53. The number of hydrogen-bond acceptors (Lipinski definition) is 2. The summed E-state index contributed by atoms with van der Waals surface area (Å²) in [6.45, 7) is 9.47. The first-order valence-corrected chi connectivity index (χ1v) is 7.53. The van der Waals surface area contributed by atoms with E-state index in [0.717, 1.165) is 12.1 Å². The van der Waals surface area contributed by atoms with Crippen LogP contribution < -0.4 is 0 Å². The SMILES string of the molecule is CCC1CCC(C)N1CC(O)c1cc(C)ccc1C. The van der Waals surface area contributed by atoms with E-state index in [1.54, 1.807) is 0 Å². The largest absolute Gasteiger partial charge is 0.387 e. The topological polar surface area (TPSA) is 23.5 Å². The number of aryl methyl sites for hydroxylation is 2. The van der Waals surface area contributed by atoms with Crippen LogP contribution in [0.4, 0.5) is 0 Å². The van der Waals surface area contributed by atoms with Crippen molar-refractivity contribution < 1.29 is 5.11 Å². The summed E-state index contributed by atoms with van der Waals surface area (Å²) in [6, 6.07) is 7.60. The Labute approximate surface area is 117 Å². The minimum absolute atomic E-state index is 0.366. The van der Waals surface area contributed by atoms with E-state index in [2.05, 4.69) is 50.8 Å². The predicted octanol–water partition coefficient (Wildman–Crippen LogP) is 3.60. The molecule has 0 aliphatic carbocycles. The van der Waals surface area contributed by atoms with E-state index in [0.29, 0.717) is 12.1 Å². The van der Waals surface area contributed by atoms with Gasteiger partial charge in [0.2, 0.25) is 0 Å². The average molecular weight is 261 g/mol. The molecule has 1 heterocycles. The van der Waals surface area contributed by atoms with Crippen molar-refractivity contribution in [2.45, 2.75) is 65.1 Å². The summed E-state index contributed by atoms with van der Waals surface area (Å²) >= 11 is 0. The second-order valence-corrected chi connectivity index (χ2v) is 6.06. The zero-order valence-electron chi connectivity index (χ0n) is 12.7. The number of hydrogen-bond donors (Lipinski definition) is 1. The lowest BCUT2D eigenvalue weighted by Crippen LogP contribution is -2.37. The van der Waals surface area contributed by atoms with Crippen molar-refractivity contribution in [3.8, 4) is 0 Å². The summed E-state index contributed by atoms with van der Waals surface area (Å²) in [5.41, 5.74) is 3.51. The molecule has 3 atom stereocenters. The molecule has 0 amide bonds. The van der Waals surface area contributed by atoms with Gasteiger partial charge in [0.15, 0.2) is 0 Å². The van der Waals surface area contributed by atoms with Crippen LogP contribution in [0.25, 0.3) is 0 Å². The van der Waals surface area contributed by atoms with Gasteiger partial charge in [0, 0.05) is 18.6 Å². The van der Waals surface area contributed by atoms with Crippen molar-refractivity contribution in [2.75, 3.05) is 6.54 Å². The van der Waals surface area contributed by atoms with Crippen LogP contribution in [0, 0.1) is 13.8 Å². The molecule has 106 valence electrons. The molecule has 0 aromatic heterocycles. The lowest BCUT2D eigenvalue weighted by molar-refractivity contribution is 0.0856. The van der Waals surface area contributed by atoms with Gasteiger partial charge in [0.25, 0.3) is 0 Å². The number of nitrogens with zero attached hydrogens (tertiary/aromatic N) is 1. The first kappa shape index (κ1) is 14.5. The number of rotatable bonds is 4. The molecular formula is C17H27NO. The molecule has 0 radical (unpaired) electrons. The maximum absolute atomic E-state index is 10.6. The van der Waals surface area contributed by atoms with Gasteiger partial charge in [-0.25, -0.2) is 0 Å². The van der Waals surface area contributed by atoms with Gasteiger partial charge in [-0.1, -0.05) is 30.7 Å². The van der Waals surface area contributed by atoms with E-state index in [9.17, 15) is 5.11 Å².